The van der Waals surface area contributed by atoms with Gasteiger partial charge in [-0.1, -0.05) is 0 Å². The third kappa shape index (κ3) is 5.30. The quantitative estimate of drug-likeness (QED) is 0.925. The molecule has 1 unspecified atom stereocenters. The third-order valence-electron chi connectivity index (χ3n) is 3.70. The first-order valence-corrected chi connectivity index (χ1v) is 8.12. The highest BCUT2D eigenvalue weighted by Gasteiger charge is 2.25. The van der Waals surface area contributed by atoms with Gasteiger partial charge in [0.2, 0.25) is 5.88 Å². The van der Waals surface area contributed by atoms with Crippen LogP contribution in [0, 0.1) is 0 Å². The molecule has 1 atom stereocenters. The van der Waals surface area contributed by atoms with Crippen LogP contribution in [0.1, 0.15) is 40.0 Å². The molecule has 23 heavy (non-hydrogen) atoms. The number of ether oxygens (including phenoxy) is 2. The molecule has 1 fully saturated rings. The first-order valence-electron chi connectivity index (χ1n) is 8.12. The van der Waals surface area contributed by atoms with Crippen molar-refractivity contribution in [1.29, 1.82) is 0 Å². The normalized spacial score (nSPS) is 19.0. The number of aromatic nitrogens is 1. The molecule has 128 valence electrons. The molecule has 0 radical (unpaired) electrons. The zero-order chi connectivity index (χ0) is 16.9. The van der Waals surface area contributed by atoms with Crippen LogP contribution in [0.4, 0.5) is 10.5 Å². The smallest absolute Gasteiger partial charge is 0.410 e. The van der Waals surface area contributed by atoms with Gasteiger partial charge in [0.25, 0.3) is 0 Å². The fourth-order valence-electron chi connectivity index (χ4n) is 2.63. The minimum absolute atomic E-state index is 0.225. The van der Waals surface area contributed by atoms with Crippen molar-refractivity contribution in [3.05, 3.63) is 18.3 Å². The van der Waals surface area contributed by atoms with Gasteiger partial charge in [-0.05, 0) is 52.2 Å². The summed E-state index contributed by atoms with van der Waals surface area (Å²) in [6.45, 7) is 7.09. The lowest BCUT2D eigenvalue weighted by molar-refractivity contribution is 0.0256. The first-order chi connectivity index (χ1) is 10.9. The number of amides is 1. The number of nitrogens with one attached hydrogen (secondary N) is 1. The van der Waals surface area contributed by atoms with E-state index in [0.717, 1.165) is 31.5 Å². The number of pyridine rings is 1. The van der Waals surface area contributed by atoms with Crippen molar-refractivity contribution in [2.75, 3.05) is 25.5 Å². The Balaban J connectivity index is 1.92. The molecule has 1 aliphatic heterocycles. The topological polar surface area (TPSA) is 63.7 Å². The molecule has 1 saturated heterocycles. The SMILES string of the molecule is COc1ncccc1NC1CCCN(C(=O)OC(C)(C)C)CC1. The van der Waals surface area contributed by atoms with Crippen molar-refractivity contribution in [3.63, 3.8) is 0 Å². The monoisotopic (exact) mass is 321 g/mol. The van der Waals surface area contributed by atoms with Gasteiger partial charge in [0.05, 0.1) is 12.8 Å². The Hall–Kier alpha value is -1.98. The summed E-state index contributed by atoms with van der Waals surface area (Å²) in [6, 6.07) is 4.14. The Morgan fingerprint density at radius 1 is 1.35 bits per heavy atom. The van der Waals surface area contributed by atoms with E-state index < -0.39 is 5.60 Å². The van der Waals surface area contributed by atoms with E-state index in [1.807, 2.05) is 32.9 Å². The largest absolute Gasteiger partial charge is 0.480 e. The lowest BCUT2D eigenvalue weighted by atomic mass is 10.1. The van der Waals surface area contributed by atoms with Crippen LogP contribution in [0.25, 0.3) is 0 Å². The predicted molar refractivity (Wildman–Crippen MR) is 89.9 cm³/mol. The number of methoxy groups -OCH3 is 1. The molecule has 2 rings (SSSR count). The van der Waals surface area contributed by atoms with E-state index in [4.69, 9.17) is 9.47 Å². The molecule has 6 heteroatoms. The maximum atomic E-state index is 12.2. The fourth-order valence-corrected chi connectivity index (χ4v) is 2.63. The average Bonchev–Trinajstić information content (AvgIpc) is 2.72. The van der Waals surface area contributed by atoms with Gasteiger partial charge in [-0.2, -0.15) is 0 Å². The highest BCUT2D eigenvalue weighted by Crippen LogP contribution is 2.24. The van der Waals surface area contributed by atoms with Gasteiger partial charge in [0.15, 0.2) is 0 Å². The van der Waals surface area contributed by atoms with Crippen LogP contribution < -0.4 is 10.1 Å². The van der Waals surface area contributed by atoms with Crippen molar-refractivity contribution in [2.24, 2.45) is 0 Å². The van der Waals surface area contributed by atoms with Crippen molar-refractivity contribution < 1.29 is 14.3 Å². The minimum atomic E-state index is -0.454. The van der Waals surface area contributed by atoms with Gasteiger partial charge in [-0.15, -0.1) is 0 Å². The van der Waals surface area contributed by atoms with Crippen LogP contribution in [0.15, 0.2) is 18.3 Å². The number of carbonyl (C=O) groups excluding carboxylic acids is 1. The second-order valence-electron chi connectivity index (χ2n) is 6.80. The number of rotatable bonds is 3. The second-order valence-corrected chi connectivity index (χ2v) is 6.80. The summed E-state index contributed by atoms with van der Waals surface area (Å²) in [5.41, 5.74) is 0.440. The summed E-state index contributed by atoms with van der Waals surface area (Å²) in [5.74, 6) is 0.598. The lowest BCUT2D eigenvalue weighted by Gasteiger charge is -2.26. The van der Waals surface area contributed by atoms with Crippen molar-refractivity contribution in [3.8, 4) is 5.88 Å². The Bertz CT molecular complexity index is 528. The molecule has 6 nitrogen and oxygen atoms in total. The molecular weight excluding hydrogens is 294 g/mol. The Morgan fingerprint density at radius 3 is 2.83 bits per heavy atom. The molecular formula is C17H27N3O3. The van der Waals surface area contributed by atoms with Crippen molar-refractivity contribution in [1.82, 2.24) is 9.88 Å². The summed E-state index contributed by atoms with van der Waals surface area (Å²) < 4.78 is 10.7. The number of carbonyl (C=O) groups is 1. The zero-order valence-electron chi connectivity index (χ0n) is 14.5. The maximum absolute atomic E-state index is 12.2. The summed E-state index contributed by atoms with van der Waals surface area (Å²) >= 11 is 0. The van der Waals surface area contributed by atoms with E-state index in [9.17, 15) is 4.79 Å². The maximum Gasteiger partial charge on any atom is 0.410 e. The van der Waals surface area contributed by atoms with E-state index in [1.165, 1.54) is 0 Å². The molecule has 2 heterocycles. The van der Waals surface area contributed by atoms with Crippen LogP contribution >= 0.6 is 0 Å². The average molecular weight is 321 g/mol. The van der Waals surface area contributed by atoms with Gasteiger partial charge in [0, 0.05) is 25.3 Å². The van der Waals surface area contributed by atoms with E-state index in [2.05, 4.69) is 10.3 Å². The van der Waals surface area contributed by atoms with E-state index in [1.54, 1.807) is 18.2 Å². The Kier molecular flexibility index (Phi) is 5.69. The molecule has 1 aromatic heterocycles. The molecule has 0 bridgehead atoms. The van der Waals surface area contributed by atoms with Gasteiger partial charge in [-0.3, -0.25) is 0 Å². The minimum Gasteiger partial charge on any atom is -0.480 e. The van der Waals surface area contributed by atoms with Gasteiger partial charge < -0.3 is 19.7 Å². The third-order valence-corrected chi connectivity index (χ3v) is 3.70. The van der Waals surface area contributed by atoms with Crippen LogP contribution in [0.2, 0.25) is 0 Å². The van der Waals surface area contributed by atoms with E-state index in [-0.39, 0.29) is 6.09 Å². The molecule has 1 aromatic rings. The Morgan fingerprint density at radius 2 is 2.13 bits per heavy atom. The summed E-state index contributed by atoms with van der Waals surface area (Å²) in [6.07, 6.45) is 4.30. The predicted octanol–water partition coefficient (Wildman–Crippen LogP) is 3.29. The van der Waals surface area contributed by atoms with Gasteiger partial charge in [0.1, 0.15) is 5.60 Å². The molecule has 1 aliphatic rings. The number of nitrogens with zero attached hydrogens (tertiary/aromatic N) is 2. The van der Waals surface area contributed by atoms with Crippen LogP contribution in [-0.2, 0) is 4.74 Å². The highest BCUT2D eigenvalue weighted by atomic mass is 16.6. The fraction of sp³-hybridized carbons (Fsp3) is 0.647. The summed E-state index contributed by atoms with van der Waals surface area (Å²) in [5, 5.41) is 3.48. The highest BCUT2D eigenvalue weighted by molar-refractivity contribution is 5.68. The number of hydrogen-bond acceptors (Lipinski definition) is 5. The molecule has 0 aliphatic carbocycles. The molecule has 1 N–H and O–H groups in total. The molecule has 0 spiro atoms. The summed E-state index contributed by atoms with van der Waals surface area (Å²) in [7, 11) is 1.62. The number of likely N-dealkylation sites (tertiary alicyclic amines) is 1. The Labute approximate surface area is 138 Å². The molecule has 1 amide bonds. The van der Waals surface area contributed by atoms with Gasteiger partial charge >= 0.3 is 6.09 Å². The standard InChI is InChI=1S/C17H27N3O3/c1-17(2,3)23-16(21)20-11-6-7-13(9-12-20)19-14-8-5-10-18-15(14)22-4/h5,8,10,13,19H,6-7,9,11-12H2,1-4H3. The van der Waals surface area contributed by atoms with Crippen molar-refractivity contribution in [2.45, 2.75) is 51.7 Å². The summed E-state index contributed by atoms with van der Waals surface area (Å²) in [4.78, 5) is 18.2. The van der Waals surface area contributed by atoms with Crippen molar-refractivity contribution >= 4 is 11.8 Å². The number of hydrogen-bond donors (Lipinski definition) is 1. The van der Waals surface area contributed by atoms with E-state index >= 15 is 0 Å². The van der Waals surface area contributed by atoms with Crippen LogP contribution in [0.5, 0.6) is 5.88 Å². The zero-order valence-corrected chi connectivity index (χ0v) is 14.5. The second kappa shape index (κ2) is 7.53. The molecule has 0 saturated carbocycles. The van der Waals surface area contributed by atoms with Crippen LogP contribution in [-0.4, -0.2) is 47.8 Å². The van der Waals surface area contributed by atoms with E-state index in [0.29, 0.717) is 18.5 Å². The van der Waals surface area contributed by atoms with Crippen LogP contribution in [0.3, 0.4) is 0 Å². The molecule has 0 aromatic carbocycles. The number of anilines is 1. The first kappa shape index (κ1) is 17.4. The van der Waals surface area contributed by atoms with Gasteiger partial charge in [-0.25, -0.2) is 9.78 Å². The lowest BCUT2D eigenvalue weighted by Crippen LogP contribution is -2.37.